The number of carbonyl (C=O) groups is 1. The summed E-state index contributed by atoms with van der Waals surface area (Å²) in [5.74, 6) is -0.772. The number of nitrogens with one attached hydrogen (secondary N) is 1. The molecule has 2 aromatic rings. The summed E-state index contributed by atoms with van der Waals surface area (Å²) in [6.45, 7) is 0. The van der Waals surface area contributed by atoms with E-state index in [1.807, 2.05) is 12.1 Å². The molecule has 2 aromatic carbocycles. The van der Waals surface area contributed by atoms with Gasteiger partial charge in [0.25, 0.3) is 5.91 Å². The van der Waals surface area contributed by atoms with E-state index in [1.165, 1.54) is 18.2 Å². The van der Waals surface area contributed by atoms with Crippen molar-refractivity contribution >= 4 is 11.6 Å². The molecular weight excluding hydrogens is 333 g/mol. The van der Waals surface area contributed by atoms with E-state index in [9.17, 15) is 18.0 Å². The van der Waals surface area contributed by atoms with Crippen LogP contribution >= 0.6 is 0 Å². The number of anilines is 1. The number of carbonyl (C=O) groups excluding carboxylic acids is 1. The number of halogens is 3. The molecule has 0 spiro atoms. The molecule has 7 heteroatoms. The Hall–Kier alpha value is -2.54. The van der Waals surface area contributed by atoms with E-state index < -0.39 is 6.36 Å². The van der Waals surface area contributed by atoms with Gasteiger partial charge in [-0.05, 0) is 54.7 Å². The molecule has 3 rings (SSSR count). The number of rotatable bonds is 3. The van der Waals surface area contributed by atoms with Crippen molar-refractivity contribution in [2.24, 2.45) is 5.73 Å². The molecule has 3 N–H and O–H groups in total. The molecule has 1 amide bonds. The Labute approximate surface area is 142 Å². The second-order valence-electron chi connectivity index (χ2n) is 6.02. The molecule has 0 unspecified atom stereocenters. The summed E-state index contributed by atoms with van der Waals surface area (Å²) in [7, 11) is 0. The number of hydrogen-bond donors (Lipinski definition) is 2. The molecule has 132 valence electrons. The molecule has 1 aliphatic carbocycles. The predicted octanol–water partition coefficient (Wildman–Crippen LogP) is 3.65. The molecule has 4 nitrogen and oxygen atoms in total. The fourth-order valence-corrected chi connectivity index (χ4v) is 2.90. The highest BCUT2D eigenvalue weighted by Crippen LogP contribution is 2.26. The first-order valence-electron chi connectivity index (χ1n) is 7.85. The van der Waals surface area contributed by atoms with Crippen LogP contribution in [0.15, 0.2) is 42.5 Å². The second kappa shape index (κ2) is 6.76. The summed E-state index contributed by atoms with van der Waals surface area (Å²) < 4.78 is 40.7. The average molecular weight is 350 g/mol. The Balaban J connectivity index is 1.73. The Morgan fingerprint density at radius 3 is 2.72 bits per heavy atom. The fourth-order valence-electron chi connectivity index (χ4n) is 2.90. The lowest BCUT2D eigenvalue weighted by Crippen LogP contribution is -2.28. The van der Waals surface area contributed by atoms with Crippen LogP contribution in [-0.4, -0.2) is 18.3 Å². The molecule has 0 bridgehead atoms. The van der Waals surface area contributed by atoms with E-state index in [0.29, 0.717) is 5.56 Å². The van der Waals surface area contributed by atoms with Gasteiger partial charge >= 0.3 is 6.36 Å². The van der Waals surface area contributed by atoms with Gasteiger partial charge in [0.2, 0.25) is 0 Å². The number of fused-ring (bicyclic) bond motifs is 1. The fraction of sp³-hybridized carbons (Fsp3) is 0.278. The Morgan fingerprint density at radius 2 is 1.96 bits per heavy atom. The molecule has 1 aliphatic rings. The summed E-state index contributed by atoms with van der Waals surface area (Å²) >= 11 is 0. The monoisotopic (exact) mass is 350 g/mol. The van der Waals surface area contributed by atoms with Crippen molar-refractivity contribution < 1.29 is 22.7 Å². The van der Waals surface area contributed by atoms with Gasteiger partial charge in [0.15, 0.2) is 0 Å². The first kappa shape index (κ1) is 17.3. The van der Waals surface area contributed by atoms with Crippen molar-refractivity contribution in [3.63, 3.8) is 0 Å². The van der Waals surface area contributed by atoms with Gasteiger partial charge in [-0.2, -0.15) is 0 Å². The maximum Gasteiger partial charge on any atom is 0.573 e. The maximum absolute atomic E-state index is 12.4. The van der Waals surface area contributed by atoms with E-state index in [4.69, 9.17) is 5.73 Å². The molecule has 0 aromatic heterocycles. The van der Waals surface area contributed by atoms with Crippen molar-refractivity contribution in [1.29, 1.82) is 0 Å². The number of nitrogens with two attached hydrogens (primary N) is 1. The van der Waals surface area contributed by atoms with Crippen molar-refractivity contribution in [2.45, 2.75) is 31.7 Å². The van der Waals surface area contributed by atoms with Crippen molar-refractivity contribution in [2.75, 3.05) is 5.32 Å². The second-order valence-corrected chi connectivity index (χ2v) is 6.02. The highest BCUT2D eigenvalue weighted by Gasteiger charge is 2.31. The number of amides is 1. The summed E-state index contributed by atoms with van der Waals surface area (Å²) in [6.07, 6.45) is -2.31. The third-order valence-corrected chi connectivity index (χ3v) is 4.06. The summed E-state index contributed by atoms with van der Waals surface area (Å²) in [5, 5.41) is 2.59. The van der Waals surface area contributed by atoms with Crippen LogP contribution in [0.3, 0.4) is 0 Å². The van der Waals surface area contributed by atoms with Crippen LogP contribution < -0.4 is 15.8 Å². The Morgan fingerprint density at radius 1 is 1.16 bits per heavy atom. The third kappa shape index (κ3) is 4.51. The van der Waals surface area contributed by atoms with Crippen LogP contribution in [0, 0.1) is 0 Å². The van der Waals surface area contributed by atoms with Gasteiger partial charge in [0.05, 0.1) is 0 Å². The minimum atomic E-state index is -4.78. The Kier molecular flexibility index (Phi) is 4.67. The zero-order chi connectivity index (χ0) is 18.0. The van der Waals surface area contributed by atoms with Crippen molar-refractivity contribution in [3.05, 3.63) is 59.2 Å². The minimum absolute atomic E-state index is 0.142. The van der Waals surface area contributed by atoms with Crippen molar-refractivity contribution in [1.82, 2.24) is 0 Å². The van der Waals surface area contributed by atoms with Gasteiger partial charge in [-0.3, -0.25) is 4.79 Å². The number of alkyl halides is 3. The van der Waals surface area contributed by atoms with Gasteiger partial charge < -0.3 is 15.8 Å². The maximum atomic E-state index is 12.4. The van der Waals surface area contributed by atoms with Gasteiger partial charge in [-0.1, -0.05) is 12.1 Å². The molecule has 1 atom stereocenters. The van der Waals surface area contributed by atoms with Gasteiger partial charge in [0.1, 0.15) is 5.75 Å². The highest BCUT2D eigenvalue weighted by atomic mass is 19.4. The summed E-state index contributed by atoms with van der Waals surface area (Å²) in [5.41, 5.74) is 8.84. The SMILES string of the molecule is N[C@H]1CCc2cc(C(=O)Nc3cccc(OC(F)(F)F)c3)ccc2C1. The van der Waals surface area contributed by atoms with Gasteiger partial charge in [-0.25, -0.2) is 0 Å². The van der Waals surface area contributed by atoms with Crippen LogP contribution in [0.1, 0.15) is 27.9 Å². The summed E-state index contributed by atoms with van der Waals surface area (Å²) in [4.78, 5) is 12.4. The number of hydrogen-bond acceptors (Lipinski definition) is 3. The number of benzene rings is 2. The zero-order valence-electron chi connectivity index (χ0n) is 13.3. The molecule has 0 aliphatic heterocycles. The smallest absolute Gasteiger partial charge is 0.406 e. The van der Waals surface area contributed by atoms with Crippen LogP contribution in [-0.2, 0) is 12.8 Å². The van der Waals surface area contributed by atoms with Crippen molar-refractivity contribution in [3.8, 4) is 5.75 Å². The number of ether oxygens (including phenoxy) is 1. The largest absolute Gasteiger partial charge is 0.573 e. The molecule has 0 fully saturated rings. The Bertz CT molecular complexity index is 790. The zero-order valence-corrected chi connectivity index (χ0v) is 13.3. The van der Waals surface area contributed by atoms with E-state index in [-0.39, 0.29) is 23.4 Å². The van der Waals surface area contributed by atoms with E-state index >= 15 is 0 Å². The van der Waals surface area contributed by atoms with E-state index in [1.54, 1.807) is 6.07 Å². The molecule has 0 radical (unpaired) electrons. The molecule has 0 saturated carbocycles. The van der Waals surface area contributed by atoms with Gasteiger partial charge in [-0.15, -0.1) is 13.2 Å². The standard InChI is InChI=1S/C18H17F3N2O2/c19-18(20,21)25-16-3-1-2-15(10-16)23-17(24)13-5-4-12-9-14(22)7-6-11(12)8-13/h1-5,8,10,14H,6-7,9,22H2,(H,23,24)/t14-/m0/s1. The minimum Gasteiger partial charge on any atom is -0.406 e. The quantitative estimate of drug-likeness (QED) is 0.888. The lowest BCUT2D eigenvalue weighted by Gasteiger charge is -2.21. The predicted molar refractivity (Wildman–Crippen MR) is 87.5 cm³/mol. The molecule has 25 heavy (non-hydrogen) atoms. The van der Waals surface area contributed by atoms with Crippen LogP contribution in [0.2, 0.25) is 0 Å². The highest BCUT2D eigenvalue weighted by molar-refractivity contribution is 6.04. The third-order valence-electron chi connectivity index (χ3n) is 4.06. The van der Waals surface area contributed by atoms with Crippen LogP contribution in [0.25, 0.3) is 0 Å². The summed E-state index contributed by atoms with van der Waals surface area (Å²) in [6, 6.07) is 10.7. The molecule has 0 saturated heterocycles. The van der Waals surface area contributed by atoms with Crippen LogP contribution in [0.5, 0.6) is 5.75 Å². The number of aryl methyl sites for hydroxylation is 1. The molecular formula is C18H17F3N2O2. The first-order chi connectivity index (χ1) is 11.8. The van der Waals surface area contributed by atoms with Gasteiger partial charge in [0, 0.05) is 23.4 Å². The first-order valence-corrected chi connectivity index (χ1v) is 7.85. The normalized spacial score (nSPS) is 16.9. The van der Waals surface area contributed by atoms with E-state index in [2.05, 4.69) is 10.1 Å². The molecule has 0 heterocycles. The lowest BCUT2D eigenvalue weighted by molar-refractivity contribution is -0.274. The average Bonchev–Trinajstić information content (AvgIpc) is 2.53. The topological polar surface area (TPSA) is 64.4 Å². The lowest BCUT2D eigenvalue weighted by atomic mass is 9.87. The van der Waals surface area contributed by atoms with E-state index in [0.717, 1.165) is 36.5 Å². The van der Waals surface area contributed by atoms with Crippen LogP contribution in [0.4, 0.5) is 18.9 Å².